The third-order valence-corrected chi connectivity index (χ3v) is 3.71. The van der Waals surface area contributed by atoms with Crippen LogP contribution in [0.1, 0.15) is 12.5 Å². The van der Waals surface area contributed by atoms with Gasteiger partial charge in [0, 0.05) is 22.9 Å². The van der Waals surface area contributed by atoms with Crippen LogP contribution in [0, 0.1) is 5.82 Å². The van der Waals surface area contributed by atoms with E-state index in [-0.39, 0.29) is 5.82 Å². The number of hydrogen-bond donors (Lipinski definition) is 0. The SMILES string of the molecule is CC(CBr)N(C)Cc1cc(F)ccc1Cl. The zero-order valence-electron chi connectivity index (χ0n) is 8.80. The second-order valence-corrected chi connectivity index (χ2v) is 4.71. The van der Waals surface area contributed by atoms with Crippen molar-refractivity contribution in [1.29, 1.82) is 0 Å². The van der Waals surface area contributed by atoms with Gasteiger partial charge < -0.3 is 0 Å². The fourth-order valence-electron chi connectivity index (χ4n) is 1.21. The quantitative estimate of drug-likeness (QED) is 0.766. The van der Waals surface area contributed by atoms with Crippen LogP contribution in [0.4, 0.5) is 4.39 Å². The van der Waals surface area contributed by atoms with Gasteiger partial charge in [0.15, 0.2) is 0 Å². The highest BCUT2D eigenvalue weighted by Crippen LogP contribution is 2.19. The van der Waals surface area contributed by atoms with Crippen LogP contribution in [0.5, 0.6) is 0 Å². The first kappa shape index (κ1) is 12.9. The standard InChI is InChI=1S/C11H14BrClFN/c1-8(6-12)15(2)7-9-5-10(14)3-4-11(9)13/h3-5,8H,6-7H2,1-2H3. The summed E-state index contributed by atoms with van der Waals surface area (Å²) in [5, 5.41) is 1.50. The van der Waals surface area contributed by atoms with Crippen molar-refractivity contribution in [3.8, 4) is 0 Å². The number of benzene rings is 1. The average Bonchev–Trinajstić information content (AvgIpc) is 2.22. The summed E-state index contributed by atoms with van der Waals surface area (Å²) in [7, 11) is 1.99. The normalized spacial score (nSPS) is 13.2. The lowest BCUT2D eigenvalue weighted by molar-refractivity contribution is 0.270. The van der Waals surface area contributed by atoms with Crippen LogP contribution in [0.3, 0.4) is 0 Å². The lowest BCUT2D eigenvalue weighted by atomic mass is 10.2. The van der Waals surface area contributed by atoms with Gasteiger partial charge in [-0.05, 0) is 37.7 Å². The highest BCUT2D eigenvalue weighted by molar-refractivity contribution is 9.09. The number of rotatable bonds is 4. The van der Waals surface area contributed by atoms with Crippen LogP contribution in [0.2, 0.25) is 5.02 Å². The molecule has 0 radical (unpaired) electrons. The molecule has 0 saturated carbocycles. The van der Waals surface area contributed by atoms with Crippen molar-refractivity contribution in [2.45, 2.75) is 19.5 Å². The van der Waals surface area contributed by atoms with E-state index in [0.717, 1.165) is 10.9 Å². The zero-order chi connectivity index (χ0) is 11.4. The minimum absolute atomic E-state index is 0.241. The first-order chi connectivity index (χ1) is 7.04. The van der Waals surface area contributed by atoms with Gasteiger partial charge in [-0.25, -0.2) is 4.39 Å². The molecular formula is C11H14BrClFN. The largest absolute Gasteiger partial charge is 0.299 e. The Morgan fingerprint density at radius 1 is 1.53 bits per heavy atom. The van der Waals surface area contributed by atoms with Crippen LogP contribution in [-0.2, 0) is 6.54 Å². The third kappa shape index (κ3) is 3.74. The van der Waals surface area contributed by atoms with Gasteiger partial charge in [-0.1, -0.05) is 27.5 Å². The molecule has 15 heavy (non-hydrogen) atoms. The lowest BCUT2D eigenvalue weighted by Crippen LogP contribution is -2.29. The molecule has 1 atom stereocenters. The minimum Gasteiger partial charge on any atom is -0.299 e. The van der Waals surface area contributed by atoms with E-state index in [1.807, 2.05) is 7.05 Å². The molecule has 0 N–H and O–H groups in total. The molecule has 0 saturated heterocycles. The molecule has 0 heterocycles. The van der Waals surface area contributed by atoms with Crippen LogP contribution in [0.15, 0.2) is 18.2 Å². The van der Waals surface area contributed by atoms with E-state index in [4.69, 9.17) is 11.6 Å². The molecule has 0 aliphatic heterocycles. The number of halogens is 3. The summed E-state index contributed by atoms with van der Waals surface area (Å²) in [6.45, 7) is 2.76. The summed E-state index contributed by atoms with van der Waals surface area (Å²) < 4.78 is 13.0. The molecule has 0 fully saturated rings. The summed E-state index contributed by atoms with van der Waals surface area (Å²) in [4.78, 5) is 2.12. The summed E-state index contributed by atoms with van der Waals surface area (Å²) >= 11 is 9.40. The highest BCUT2D eigenvalue weighted by Gasteiger charge is 2.10. The molecule has 1 aromatic rings. The van der Waals surface area contributed by atoms with Gasteiger partial charge in [0.2, 0.25) is 0 Å². The van der Waals surface area contributed by atoms with E-state index >= 15 is 0 Å². The van der Waals surface area contributed by atoms with Crippen LogP contribution >= 0.6 is 27.5 Å². The average molecular weight is 295 g/mol. The third-order valence-electron chi connectivity index (χ3n) is 2.40. The second-order valence-electron chi connectivity index (χ2n) is 3.65. The van der Waals surface area contributed by atoms with E-state index < -0.39 is 0 Å². The van der Waals surface area contributed by atoms with Crippen molar-refractivity contribution in [3.05, 3.63) is 34.6 Å². The maximum absolute atomic E-state index is 13.0. The van der Waals surface area contributed by atoms with Gasteiger partial charge in [-0.15, -0.1) is 0 Å². The summed E-state index contributed by atoms with van der Waals surface area (Å²) in [5.74, 6) is -0.241. The fraction of sp³-hybridized carbons (Fsp3) is 0.455. The fourth-order valence-corrected chi connectivity index (χ4v) is 1.88. The van der Waals surface area contributed by atoms with E-state index in [2.05, 4.69) is 27.8 Å². The van der Waals surface area contributed by atoms with Crippen LogP contribution < -0.4 is 0 Å². The van der Waals surface area contributed by atoms with Crippen LogP contribution in [-0.4, -0.2) is 23.3 Å². The van der Waals surface area contributed by atoms with Crippen LogP contribution in [0.25, 0.3) is 0 Å². The Bertz CT molecular complexity index is 332. The molecule has 4 heteroatoms. The van der Waals surface area contributed by atoms with Crippen molar-refractivity contribution in [1.82, 2.24) is 4.90 Å². The first-order valence-electron chi connectivity index (χ1n) is 4.74. The van der Waals surface area contributed by atoms with Gasteiger partial charge in [-0.3, -0.25) is 4.90 Å². The number of alkyl halides is 1. The molecule has 1 rings (SSSR count). The molecule has 0 aliphatic carbocycles. The number of nitrogens with zero attached hydrogens (tertiary/aromatic N) is 1. The molecule has 0 amide bonds. The van der Waals surface area contributed by atoms with Gasteiger partial charge in [-0.2, -0.15) is 0 Å². The summed E-state index contributed by atoms with van der Waals surface area (Å²) in [5.41, 5.74) is 0.826. The van der Waals surface area contributed by atoms with E-state index in [1.54, 1.807) is 6.07 Å². The Kier molecular flexibility index (Phi) is 5.03. The Morgan fingerprint density at radius 2 is 2.20 bits per heavy atom. The molecule has 0 spiro atoms. The smallest absolute Gasteiger partial charge is 0.123 e. The minimum atomic E-state index is -0.241. The van der Waals surface area contributed by atoms with Gasteiger partial charge in [0.25, 0.3) is 0 Å². The monoisotopic (exact) mass is 293 g/mol. The highest BCUT2D eigenvalue weighted by atomic mass is 79.9. The Hall–Kier alpha value is -0.120. The second kappa shape index (κ2) is 5.83. The molecule has 1 nitrogen and oxygen atoms in total. The lowest BCUT2D eigenvalue weighted by Gasteiger charge is -2.23. The topological polar surface area (TPSA) is 3.24 Å². The van der Waals surface area contributed by atoms with Gasteiger partial charge >= 0.3 is 0 Å². The Balaban J connectivity index is 2.75. The molecule has 0 bridgehead atoms. The van der Waals surface area contributed by atoms with Crippen molar-refractivity contribution in [3.63, 3.8) is 0 Å². The molecule has 1 unspecified atom stereocenters. The Morgan fingerprint density at radius 3 is 2.80 bits per heavy atom. The van der Waals surface area contributed by atoms with E-state index in [1.165, 1.54) is 12.1 Å². The van der Waals surface area contributed by atoms with Crippen molar-refractivity contribution in [2.75, 3.05) is 12.4 Å². The first-order valence-corrected chi connectivity index (χ1v) is 6.24. The maximum Gasteiger partial charge on any atom is 0.123 e. The predicted octanol–water partition coefficient (Wildman–Crippen LogP) is 3.69. The molecule has 0 aromatic heterocycles. The summed E-state index contributed by atoms with van der Waals surface area (Å²) in [6.07, 6.45) is 0. The molecular weight excluding hydrogens is 280 g/mol. The van der Waals surface area contributed by atoms with Gasteiger partial charge in [0.1, 0.15) is 5.82 Å². The van der Waals surface area contributed by atoms with Crippen molar-refractivity contribution < 1.29 is 4.39 Å². The predicted molar refractivity (Wildman–Crippen MR) is 66.1 cm³/mol. The van der Waals surface area contributed by atoms with Gasteiger partial charge in [0.05, 0.1) is 0 Å². The van der Waals surface area contributed by atoms with Crippen molar-refractivity contribution in [2.24, 2.45) is 0 Å². The van der Waals surface area contributed by atoms with E-state index in [0.29, 0.717) is 17.6 Å². The van der Waals surface area contributed by atoms with Crippen molar-refractivity contribution >= 4 is 27.5 Å². The summed E-state index contributed by atoms with van der Waals surface area (Å²) in [6, 6.07) is 4.85. The number of hydrogen-bond acceptors (Lipinski definition) is 1. The molecule has 0 aliphatic rings. The zero-order valence-corrected chi connectivity index (χ0v) is 11.1. The Labute approximate surface area is 103 Å². The maximum atomic E-state index is 13.0. The van der Waals surface area contributed by atoms with E-state index in [9.17, 15) is 4.39 Å². The molecule has 1 aromatic carbocycles. The molecule has 84 valence electrons.